The summed E-state index contributed by atoms with van der Waals surface area (Å²) in [6.07, 6.45) is 2.75. The number of thiophene rings is 1. The largest absolute Gasteiger partial charge is 0.359 e. The number of carbonyl (C=O) groups is 1. The maximum absolute atomic E-state index is 11.5. The topological polar surface area (TPSA) is 56.7 Å². The molecule has 0 unspecified atom stereocenters. The zero-order valence-corrected chi connectivity index (χ0v) is 17.0. The first-order valence-electron chi connectivity index (χ1n) is 7.97. The van der Waals surface area contributed by atoms with Crippen molar-refractivity contribution in [1.29, 1.82) is 0 Å². The lowest BCUT2D eigenvalue weighted by molar-refractivity contribution is -0.121. The van der Waals surface area contributed by atoms with Crippen molar-refractivity contribution in [2.75, 3.05) is 26.7 Å². The number of piperidine rings is 1. The summed E-state index contributed by atoms with van der Waals surface area (Å²) >= 11 is 1.71. The van der Waals surface area contributed by atoms with Crippen molar-refractivity contribution in [2.45, 2.75) is 32.7 Å². The molecule has 0 saturated carbocycles. The van der Waals surface area contributed by atoms with Crippen molar-refractivity contribution in [3.8, 4) is 0 Å². The van der Waals surface area contributed by atoms with Gasteiger partial charge in [-0.2, -0.15) is 11.3 Å². The van der Waals surface area contributed by atoms with Crippen molar-refractivity contribution >= 4 is 47.2 Å². The molecular formula is C16H27IN4OS. The number of hydrogen-bond acceptors (Lipinski definition) is 3. The third-order valence-corrected chi connectivity index (χ3v) is 4.73. The number of amides is 1. The molecule has 130 valence electrons. The van der Waals surface area contributed by atoms with E-state index in [1.165, 1.54) is 5.56 Å². The minimum Gasteiger partial charge on any atom is -0.359 e. The number of carbonyl (C=O) groups excluding carboxylic acids is 1. The van der Waals surface area contributed by atoms with E-state index in [1.54, 1.807) is 18.4 Å². The Hall–Kier alpha value is -0.830. The fourth-order valence-corrected chi connectivity index (χ4v) is 3.35. The van der Waals surface area contributed by atoms with Crippen LogP contribution in [-0.2, 0) is 11.3 Å². The van der Waals surface area contributed by atoms with Crippen LogP contribution in [-0.4, -0.2) is 43.4 Å². The monoisotopic (exact) mass is 450 g/mol. The van der Waals surface area contributed by atoms with Gasteiger partial charge >= 0.3 is 0 Å². The fourth-order valence-electron chi connectivity index (χ4n) is 2.69. The van der Waals surface area contributed by atoms with Crippen LogP contribution in [0.15, 0.2) is 21.8 Å². The highest BCUT2D eigenvalue weighted by Crippen LogP contribution is 2.20. The van der Waals surface area contributed by atoms with Crippen molar-refractivity contribution in [2.24, 2.45) is 10.9 Å². The van der Waals surface area contributed by atoms with Gasteiger partial charge in [0.2, 0.25) is 5.91 Å². The molecule has 1 saturated heterocycles. The van der Waals surface area contributed by atoms with E-state index in [2.05, 4.69) is 39.3 Å². The molecule has 7 heteroatoms. The van der Waals surface area contributed by atoms with Gasteiger partial charge in [-0.1, -0.05) is 0 Å². The van der Waals surface area contributed by atoms with Crippen LogP contribution in [0.4, 0.5) is 0 Å². The van der Waals surface area contributed by atoms with Crippen LogP contribution in [0.25, 0.3) is 0 Å². The highest BCUT2D eigenvalue weighted by molar-refractivity contribution is 14.0. The molecule has 23 heavy (non-hydrogen) atoms. The standard InChI is InChI=1S/C16H26N4OS.HI/c1-3-18-16(19-11-14-6-9-22-12-14)20-7-4-13(5-8-20)10-15(21)17-2;/h6,9,12-13H,3-5,7-8,10-11H2,1-2H3,(H,17,21)(H,18,19);1H. The van der Waals surface area contributed by atoms with Gasteiger partial charge in [0.15, 0.2) is 5.96 Å². The van der Waals surface area contributed by atoms with E-state index in [4.69, 9.17) is 4.99 Å². The second kappa shape index (κ2) is 10.9. The van der Waals surface area contributed by atoms with Gasteiger partial charge in [0, 0.05) is 33.1 Å². The van der Waals surface area contributed by atoms with Crippen LogP contribution in [0.5, 0.6) is 0 Å². The molecule has 0 bridgehead atoms. The Kier molecular flexibility index (Phi) is 9.54. The van der Waals surface area contributed by atoms with E-state index in [0.717, 1.165) is 45.0 Å². The van der Waals surface area contributed by atoms with Gasteiger partial charge in [0.1, 0.15) is 0 Å². The Labute approximate surface area is 160 Å². The third kappa shape index (κ3) is 6.66. The van der Waals surface area contributed by atoms with Gasteiger partial charge < -0.3 is 15.5 Å². The Bertz CT molecular complexity index is 484. The Morgan fingerprint density at radius 3 is 2.74 bits per heavy atom. The summed E-state index contributed by atoms with van der Waals surface area (Å²) in [7, 11) is 1.71. The summed E-state index contributed by atoms with van der Waals surface area (Å²) in [5.41, 5.74) is 1.26. The maximum atomic E-state index is 11.5. The Morgan fingerprint density at radius 1 is 1.43 bits per heavy atom. The highest BCUT2D eigenvalue weighted by Gasteiger charge is 2.22. The second-order valence-corrected chi connectivity index (χ2v) is 6.39. The smallest absolute Gasteiger partial charge is 0.220 e. The number of guanidine groups is 1. The minimum absolute atomic E-state index is 0. The number of halogens is 1. The summed E-state index contributed by atoms with van der Waals surface area (Å²) in [5, 5.41) is 10.3. The normalized spacial score (nSPS) is 15.9. The van der Waals surface area contributed by atoms with E-state index >= 15 is 0 Å². The van der Waals surface area contributed by atoms with Gasteiger partial charge in [0.25, 0.3) is 0 Å². The van der Waals surface area contributed by atoms with Crippen LogP contribution >= 0.6 is 35.3 Å². The zero-order chi connectivity index (χ0) is 15.8. The van der Waals surface area contributed by atoms with Gasteiger partial charge in [-0.05, 0) is 48.1 Å². The summed E-state index contributed by atoms with van der Waals surface area (Å²) in [4.78, 5) is 18.5. The molecular weight excluding hydrogens is 423 g/mol. The minimum atomic E-state index is 0. The lowest BCUT2D eigenvalue weighted by Crippen LogP contribution is -2.46. The summed E-state index contributed by atoms with van der Waals surface area (Å²) < 4.78 is 0. The van der Waals surface area contributed by atoms with E-state index in [1.807, 2.05) is 0 Å². The van der Waals surface area contributed by atoms with Crippen LogP contribution in [0.3, 0.4) is 0 Å². The average Bonchev–Trinajstić information content (AvgIpc) is 3.05. The first-order valence-corrected chi connectivity index (χ1v) is 8.92. The molecule has 0 radical (unpaired) electrons. The van der Waals surface area contributed by atoms with Crippen molar-refractivity contribution in [3.05, 3.63) is 22.4 Å². The molecule has 2 rings (SSSR count). The molecule has 0 atom stereocenters. The van der Waals surface area contributed by atoms with Gasteiger partial charge in [-0.15, -0.1) is 24.0 Å². The molecule has 1 aromatic heterocycles. The van der Waals surface area contributed by atoms with Crippen LogP contribution in [0.2, 0.25) is 0 Å². The highest BCUT2D eigenvalue weighted by atomic mass is 127. The lowest BCUT2D eigenvalue weighted by Gasteiger charge is -2.34. The molecule has 1 aromatic rings. The predicted molar refractivity (Wildman–Crippen MR) is 108 cm³/mol. The molecule has 1 fully saturated rings. The summed E-state index contributed by atoms with van der Waals surface area (Å²) in [6, 6.07) is 2.12. The zero-order valence-electron chi connectivity index (χ0n) is 13.9. The SMILES string of the molecule is CCNC(=NCc1ccsc1)N1CCC(CC(=O)NC)CC1.I. The molecule has 2 heterocycles. The Morgan fingerprint density at radius 2 is 2.17 bits per heavy atom. The number of nitrogens with zero attached hydrogens (tertiary/aromatic N) is 2. The van der Waals surface area contributed by atoms with E-state index < -0.39 is 0 Å². The first-order chi connectivity index (χ1) is 10.7. The molecule has 0 aliphatic carbocycles. The quantitative estimate of drug-likeness (QED) is 0.412. The summed E-state index contributed by atoms with van der Waals surface area (Å²) in [5.74, 6) is 1.64. The van der Waals surface area contributed by atoms with E-state index in [9.17, 15) is 4.79 Å². The van der Waals surface area contributed by atoms with Gasteiger partial charge in [0.05, 0.1) is 6.54 Å². The van der Waals surface area contributed by atoms with Crippen LogP contribution in [0, 0.1) is 5.92 Å². The van der Waals surface area contributed by atoms with Gasteiger partial charge in [-0.25, -0.2) is 4.99 Å². The van der Waals surface area contributed by atoms with Crippen LogP contribution < -0.4 is 10.6 Å². The second-order valence-electron chi connectivity index (χ2n) is 5.61. The Balaban J connectivity index is 0.00000264. The summed E-state index contributed by atoms with van der Waals surface area (Å²) in [6.45, 7) is 5.64. The molecule has 0 spiro atoms. The number of nitrogens with one attached hydrogen (secondary N) is 2. The number of hydrogen-bond donors (Lipinski definition) is 2. The first kappa shape index (κ1) is 20.2. The van der Waals surface area contributed by atoms with Crippen molar-refractivity contribution < 1.29 is 4.79 Å². The molecule has 1 aliphatic heterocycles. The third-order valence-electron chi connectivity index (χ3n) is 3.99. The molecule has 0 aromatic carbocycles. The number of likely N-dealkylation sites (tertiary alicyclic amines) is 1. The maximum Gasteiger partial charge on any atom is 0.220 e. The predicted octanol–water partition coefficient (Wildman–Crippen LogP) is 2.68. The molecule has 2 N–H and O–H groups in total. The number of aliphatic imine (C=N–C) groups is 1. The fraction of sp³-hybridized carbons (Fsp3) is 0.625. The van der Waals surface area contributed by atoms with Gasteiger partial charge in [-0.3, -0.25) is 4.79 Å². The van der Waals surface area contributed by atoms with Crippen LogP contribution in [0.1, 0.15) is 31.7 Å². The lowest BCUT2D eigenvalue weighted by atomic mass is 9.93. The molecule has 1 aliphatic rings. The average molecular weight is 450 g/mol. The number of rotatable bonds is 5. The van der Waals surface area contributed by atoms with E-state index in [-0.39, 0.29) is 29.9 Å². The molecule has 1 amide bonds. The van der Waals surface area contributed by atoms with Crippen molar-refractivity contribution in [1.82, 2.24) is 15.5 Å². The van der Waals surface area contributed by atoms with Crippen molar-refractivity contribution in [3.63, 3.8) is 0 Å². The molecule has 5 nitrogen and oxygen atoms in total. The van der Waals surface area contributed by atoms with E-state index in [0.29, 0.717) is 12.3 Å².